The van der Waals surface area contributed by atoms with E-state index in [2.05, 4.69) is 29.8 Å². The molecule has 0 aliphatic carbocycles. The van der Waals surface area contributed by atoms with Gasteiger partial charge in [-0.2, -0.15) is 5.26 Å². The Morgan fingerprint density at radius 2 is 2.50 bits per heavy atom. The van der Waals surface area contributed by atoms with E-state index in [4.69, 9.17) is 5.26 Å². The maximum absolute atomic E-state index is 8.30. The monoisotopic (exact) mass is 180 g/mol. The molecular formula is C9H12N2S. The van der Waals surface area contributed by atoms with E-state index in [1.165, 1.54) is 10.6 Å². The van der Waals surface area contributed by atoms with Crippen LogP contribution in [0, 0.1) is 18.3 Å². The Morgan fingerprint density at radius 3 is 3.08 bits per heavy atom. The lowest BCUT2D eigenvalue weighted by molar-refractivity contribution is 0.899. The molecule has 0 aliphatic rings. The fraction of sp³-hybridized carbons (Fsp3) is 0.444. The summed E-state index contributed by atoms with van der Waals surface area (Å²) in [5, 5.41) is 14.9. The molecule has 0 saturated carbocycles. The predicted molar refractivity (Wildman–Crippen MR) is 52.4 cm³/mol. The molecule has 12 heavy (non-hydrogen) atoms. The SMILES string of the molecule is Cc1ccsc1NCCCC#N. The highest BCUT2D eigenvalue weighted by Crippen LogP contribution is 2.21. The second kappa shape index (κ2) is 4.78. The molecule has 1 aromatic heterocycles. The topological polar surface area (TPSA) is 35.8 Å². The number of hydrogen-bond donors (Lipinski definition) is 1. The van der Waals surface area contributed by atoms with E-state index in [0.29, 0.717) is 6.42 Å². The van der Waals surface area contributed by atoms with Crippen molar-refractivity contribution in [3.05, 3.63) is 17.0 Å². The van der Waals surface area contributed by atoms with Gasteiger partial charge in [-0.15, -0.1) is 11.3 Å². The molecule has 0 amide bonds. The molecule has 1 rings (SSSR count). The van der Waals surface area contributed by atoms with Crippen LogP contribution in [0.2, 0.25) is 0 Å². The molecule has 2 nitrogen and oxygen atoms in total. The number of nitrogens with one attached hydrogen (secondary N) is 1. The van der Waals surface area contributed by atoms with E-state index in [9.17, 15) is 0 Å². The summed E-state index contributed by atoms with van der Waals surface area (Å²) in [6.45, 7) is 2.98. The van der Waals surface area contributed by atoms with Gasteiger partial charge < -0.3 is 5.32 Å². The molecule has 1 heterocycles. The minimum absolute atomic E-state index is 0.636. The summed E-state index contributed by atoms with van der Waals surface area (Å²) in [4.78, 5) is 0. The van der Waals surface area contributed by atoms with Gasteiger partial charge in [-0.05, 0) is 30.4 Å². The molecule has 0 aromatic carbocycles. The van der Waals surface area contributed by atoms with E-state index in [1.807, 2.05) is 0 Å². The smallest absolute Gasteiger partial charge is 0.0912 e. The average molecular weight is 180 g/mol. The van der Waals surface area contributed by atoms with Gasteiger partial charge in [0.2, 0.25) is 0 Å². The quantitative estimate of drug-likeness (QED) is 0.723. The summed E-state index contributed by atoms with van der Waals surface area (Å²) >= 11 is 1.71. The normalized spacial score (nSPS) is 9.33. The van der Waals surface area contributed by atoms with Crippen molar-refractivity contribution in [2.24, 2.45) is 0 Å². The Morgan fingerprint density at radius 1 is 1.67 bits per heavy atom. The fourth-order valence-electron chi connectivity index (χ4n) is 0.923. The lowest BCUT2D eigenvalue weighted by atomic mass is 10.3. The van der Waals surface area contributed by atoms with Crippen LogP contribution >= 0.6 is 11.3 Å². The van der Waals surface area contributed by atoms with E-state index < -0.39 is 0 Å². The van der Waals surface area contributed by atoms with Crippen LogP contribution in [-0.4, -0.2) is 6.54 Å². The largest absolute Gasteiger partial charge is 0.377 e. The third-order valence-electron chi connectivity index (χ3n) is 1.61. The molecule has 64 valence electrons. The van der Waals surface area contributed by atoms with Gasteiger partial charge in [-0.3, -0.25) is 0 Å². The molecule has 0 radical (unpaired) electrons. The Bertz CT molecular complexity index is 272. The van der Waals surface area contributed by atoms with Crippen molar-refractivity contribution in [1.29, 1.82) is 5.26 Å². The highest BCUT2D eigenvalue weighted by atomic mass is 32.1. The Labute approximate surface area is 76.8 Å². The Hall–Kier alpha value is -1.01. The Balaban J connectivity index is 2.25. The number of rotatable bonds is 4. The van der Waals surface area contributed by atoms with E-state index in [0.717, 1.165) is 13.0 Å². The Kier molecular flexibility index (Phi) is 3.62. The zero-order valence-corrected chi connectivity index (χ0v) is 7.95. The lowest BCUT2D eigenvalue weighted by Gasteiger charge is -2.01. The van der Waals surface area contributed by atoms with E-state index >= 15 is 0 Å². The van der Waals surface area contributed by atoms with Crippen LogP contribution in [0.3, 0.4) is 0 Å². The molecule has 0 unspecified atom stereocenters. The first kappa shape index (κ1) is 9.08. The highest BCUT2D eigenvalue weighted by Gasteiger charge is 1.96. The number of nitrogens with zero attached hydrogens (tertiary/aromatic N) is 1. The van der Waals surface area contributed by atoms with Crippen molar-refractivity contribution < 1.29 is 0 Å². The van der Waals surface area contributed by atoms with Gasteiger partial charge in [0, 0.05) is 13.0 Å². The zero-order chi connectivity index (χ0) is 8.81. The van der Waals surface area contributed by atoms with Crippen LogP contribution in [-0.2, 0) is 0 Å². The van der Waals surface area contributed by atoms with Crippen LogP contribution in [0.25, 0.3) is 0 Å². The first-order valence-corrected chi connectivity index (χ1v) is 4.87. The summed E-state index contributed by atoms with van der Waals surface area (Å²) in [7, 11) is 0. The average Bonchev–Trinajstić information content (AvgIpc) is 2.46. The van der Waals surface area contributed by atoms with Crippen molar-refractivity contribution in [1.82, 2.24) is 0 Å². The van der Waals surface area contributed by atoms with Crippen LogP contribution in [0.4, 0.5) is 5.00 Å². The second-order valence-electron chi connectivity index (χ2n) is 2.62. The summed E-state index contributed by atoms with van der Waals surface area (Å²) in [5.74, 6) is 0. The number of aryl methyl sites for hydroxylation is 1. The molecular weight excluding hydrogens is 168 g/mol. The van der Waals surface area contributed by atoms with Gasteiger partial charge in [-0.25, -0.2) is 0 Å². The molecule has 0 atom stereocenters. The number of thiophene rings is 1. The summed E-state index contributed by atoms with van der Waals surface area (Å²) in [6.07, 6.45) is 1.56. The van der Waals surface area contributed by atoms with Crippen LogP contribution < -0.4 is 5.32 Å². The third-order valence-corrected chi connectivity index (χ3v) is 2.59. The maximum Gasteiger partial charge on any atom is 0.0912 e. The molecule has 0 aliphatic heterocycles. The third kappa shape index (κ3) is 2.55. The van der Waals surface area contributed by atoms with Crippen LogP contribution in [0.1, 0.15) is 18.4 Å². The van der Waals surface area contributed by atoms with Crippen molar-refractivity contribution in [3.63, 3.8) is 0 Å². The van der Waals surface area contributed by atoms with Gasteiger partial charge in [0.05, 0.1) is 11.1 Å². The molecule has 3 heteroatoms. The summed E-state index contributed by atoms with van der Waals surface area (Å²) in [6, 6.07) is 4.22. The molecule has 0 spiro atoms. The minimum atomic E-state index is 0.636. The number of unbranched alkanes of at least 4 members (excludes halogenated alkanes) is 1. The van der Waals surface area contributed by atoms with E-state index in [1.54, 1.807) is 11.3 Å². The molecule has 0 fully saturated rings. The van der Waals surface area contributed by atoms with Crippen molar-refractivity contribution in [2.75, 3.05) is 11.9 Å². The standard InChI is InChI=1S/C9H12N2S/c1-8-4-7-12-9(8)11-6-3-2-5-10/h4,7,11H,2-3,6H2,1H3. The van der Waals surface area contributed by atoms with Gasteiger partial charge in [0.25, 0.3) is 0 Å². The maximum atomic E-state index is 8.30. The second-order valence-corrected chi connectivity index (χ2v) is 3.54. The van der Waals surface area contributed by atoms with Crippen LogP contribution in [0.15, 0.2) is 11.4 Å². The molecule has 0 saturated heterocycles. The van der Waals surface area contributed by atoms with Gasteiger partial charge in [0.15, 0.2) is 0 Å². The number of anilines is 1. The summed E-state index contributed by atoms with van der Waals surface area (Å²) in [5.41, 5.74) is 1.29. The number of nitriles is 1. The van der Waals surface area contributed by atoms with Crippen molar-refractivity contribution in [2.45, 2.75) is 19.8 Å². The number of hydrogen-bond acceptors (Lipinski definition) is 3. The molecule has 1 aromatic rings. The van der Waals surface area contributed by atoms with Crippen molar-refractivity contribution in [3.8, 4) is 6.07 Å². The van der Waals surface area contributed by atoms with Gasteiger partial charge in [-0.1, -0.05) is 0 Å². The minimum Gasteiger partial charge on any atom is -0.377 e. The fourth-order valence-corrected chi connectivity index (χ4v) is 1.77. The molecule has 0 bridgehead atoms. The first-order valence-electron chi connectivity index (χ1n) is 3.99. The lowest BCUT2D eigenvalue weighted by Crippen LogP contribution is -1.99. The first-order chi connectivity index (χ1) is 5.84. The highest BCUT2D eigenvalue weighted by molar-refractivity contribution is 7.14. The molecule has 1 N–H and O–H groups in total. The van der Waals surface area contributed by atoms with Crippen molar-refractivity contribution >= 4 is 16.3 Å². The summed E-state index contributed by atoms with van der Waals surface area (Å²) < 4.78 is 0. The van der Waals surface area contributed by atoms with Crippen LogP contribution in [0.5, 0.6) is 0 Å². The van der Waals surface area contributed by atoms with Gasteiger partial charge in [0.1, 0.15) is 0 Å². The van der Waals surface area contributed by atoms with Gasteiger partial charge >= 0.3 is 0 Å². The zero-order valence-electron chi connectivity index (χ0n) is 7.13. The predicted octanol–water partition coefficient (Wildman–Crippen LogP) is 2.77. The van der Waals surface area contributed by atoms with E-state index in [-0.39, 0.29) is 0 Å².